The lowest BCUT2D eigenvalue weighted by atomic mass is 9.42. The fourth-order valence-corrected chi connectivity index (χ4v) is 10.4. The summed E-state index contributed by atoms with van der Waals surface area (Å²) in [6.45, 7) is 15.5. The Morgan fingerprint density at radius 2 is 1.55 bits per heavy atom. The van der Waals surface area contributed by atoms with Crippen LogP contribution in [0.1, 0.15) is 86.5 Å². The molecular formula is C29H46O4. The van der Waals surface area contributed by atoms with E-state index in [4.69, 9.17) is 18.9 Å². The average molecular weight is 459 g/mol. The second-order valence-electron chi connectivity index (χ2n) is 13.4. The van der Waals surface area contributed by atoms with Gasteiger partial charge < -0.3 is 18.9 Å². The van der Waals surface area contributed by atoms with Gasteiger partial charge in [0, 0.05) is 12.3 Å². The smallest absolute Gasteiger partial charge is 0.172 e. The first kappa shape index (κ1) is 23.0. The number of allylic oxidation sites excluding steroid dienone is 2. The minimum atomic E-state index is -0.476. The molecule has 0 aromatic rings. The zero-order valence-corrected chi connectivity index (χ0v) is 21.8. The van der Waals surface area contributed by atoms with E-state index in [9.17, 15) is 0 Å². The van der Waals surface area contributed by atoms with Crippen LogP contribution in [0.5, 0.6) is 0 Å². The minimum absolute atomic E-state index is 0.172. The van der Waals surface area contributed by atoms with E-state index in [0.29, 0.717) is 23.2 Å². The average Bonchev–Trinajstić information content (AvgIpc) is 3.41. The summed E-state index contributed by atoms with van der Waals surface area (Å²) in [5.41, 5.74) is 0.627. The van der Waals surface area contributed by atoms with Crippen molar-refractivity contribution in [2.24, 2.45) is 46.3 Å². The Kier molecular flexibility index (Phi) is 5.26. The van der Waals surface area contributed by atoms with Crippen molar-refractivity contribution in [2.45, 2.75) is 110 Å². The molecule has 0 aromatic heterocycles. The van der Waals surface area contributed by atoms with Crippen LogP contribution in [0.3, 0.4) is 0 Å². The number of ether oxygens (including phenoxy) is 4. The third kappa shape index (κ3) is 3.22. The monoisotopic (exact) mass is 458 g/mol. The first-order valence-corrected chi connectivity index (χ1v) is 13.9. The summed E-state index contributed by atoms with van der Waals surface area (Å²) in [7, 11) is 0. The standard InChI is InChI=1S/C29H46O4/c1-7-8-18(2)20-9-10-21-19-16-29(30-13-14-31-29)25-15-23-24(33-26(3,4)32-23)17-28(25,6)22(19)11-12-27(20,21)5/h7-8,18-25H,9-17H2,1-6H3/b8-7+/t18-,19?,20-,21?,22?,23?,24-,25+,27-,28-/m1/s1. The van der Waals surface area contributed by atoms with E-state index in [1.165, 1.54) is 25.7 Å². The predicted octanol–water partition coefficient (Wildman–Crippen LogP) is 6.34. The molecule has 4 unspecified atom stereocenters. The predicted molar refractivity (Wildman–Crippen MR) is 128 cm³/mol. The van der Waals surface area contributed by atoms with Gasteiger partial charge in [-0.3, -0.25) is 0 Å². The molecule has 1 spiro atoms. The maximum atomic E-state index is 6.63. The zero-order valence-electron chi connectivity index (χ0n) is 21.8. The Bertz CT molecular complexity index is 799. The van der Waals surface area contributed by atoms with Crippen molar-refractivity contribution in [1.29, 1.82) is 0 Å². The highest BCUT2D eigenvalue weighted by atomic mass is 16.8. The molecule has 0 aromatic carbocycles. The molecule has 0 bridgehead atoms. The van der Waals surface area contributed by atoms with Gasteiger partial charge in [-0.1, -0.05) is 32.9 Å². The number of hydrogen-bond acceptors (Lipinski definition) is 4. The van der Waals surface area contributed by atoms with Crippen LogP contribution in [0, 0.1) is 46.3 Å². The van der Waals surface area contributed by atoms with Crippen LogP contribution >= 0.6 is 0 Å². The van der Waals surface area contributed by atoms with Crippen molar-refractivity contribution in [1.82, 2.24) is 0 Å². The number of fused-ring (bicyclic) bond motifs is 7. The Morgan fingerprint density at radius 3 is 2.27 bits per heavy atom. The van der Waals surface area contributed by atoms with Crippen molar-refractivity contribution in [3.63, 3.8) is 0 Å². The Balaban J connectivity index is 1.36. The van der Waals surface area contributed by atoms with Gasteiger partial charge in [-0.25, -0.2) is 0 Å². The lowest BCUT2D eigenvalue weighted by Gasteiger charge is -2.65. The largest absolute Gasteiger partial charge is 0.347 e. The van der Waals surface area contributed by atoms with Crippen LogP contribution in [0.15, 0.2) is 12.2 Å². The van der Waals surface area contributed by atoms with Gasteiger partial charge in [0.1, 0.15) is 0 Å². The maximum absolute atomic E-state index is 6.63. The lowest BCUT2D eigenvalue weighted by Crippen LogP contribution is -2.65. The van der Waals surface area contributed by atoms with Gasteiger partial charge in [-0.05, 0) is 99.7 Å². The quantitative estimate of drug-likeness (QED) is 0.452. The highest BCUT2D eigenvalue weighted by Crippen LogP contribution is 2.71. The topological polar surface area (TPSA) is 36.9 Å². The van der Waals surface area contributed by atoms with E-state index in [-0.39, 0.29) is 17.6 Å². The highest BCUT2D eigenvalue weighted by molar-refractivity contribution is 5.16. The van der Waals surface area contributed by atoms with Gasteiger partial charge in [-0.15, -0.1) is 0 Å². The molecule has 2 saturated heterocycles. The van der Waals surface area contributed by atoms with Crippen molar-refractivity contribution in [3.05, 3.63) is 12.2 Å². The Labute approximate surface area is 201 Å². The molecular weight excluding hydrogens is 412 g/mol. The molecule has 4 saturated carbocycles. The molecule has 10 atom stereocenters. The second kappa shape index (κ2) is 7.54. The number of hydrogen-bond donors (Lipinski definition) is 0. The molecule has 0 radical (unpaired) electrons. The van der Waals surface area contributed by atoms with Crippen LogP contribution in [-0.2, 0) is 18.9 Å². The first-order valence-electron chi connectivity index (χ1n) is 13.9. The maximum Gasteiger partial charge on any atom is 0.172 e. The molecule has 186 valence electrons. The summed E-state index contributed by atoms with van der Waals surface area (Å²) >= 11 is 0. The normalized spacial score (nSPS) is 53.0. The fourth-order valence-electron chi connectivity index (χ4n) is 10.4. The molecule has 0 amide bonds. The second-order valence-corrected chi connectivity index (χ2v) is 13.4. The molecule has 2 heterocycles. The van der Waals surface area contributed by atoms with E-state index in [0.717, 1.165) is 50.2 Å². The summed E-state index contributed by atoms with van der Waals surface area (Å²) < 4.78 is 26.1. The number of rotatable bonds is 2. The van der Waals surface area contributed by atoms with Crippen molar-refractivity contribution in [3.8, 4) is 0 Å². The summed E-state index contributed by atoms with van der Waals surface area (Å²) in [5, 5.41) is 0. The van der Waals surface area contributed by atoms with Gasteiger partial charge in [0.15, 0.2) is 11.6 Å². The third-order valence-corrected chi connectivity index (χ3v) is 11.5. The molecule has 33 heavy (non-hydrogen) atoms. The van der Waals surface area contributed by atoms with Gasteiger partial charge in [0.05, 0.1) is 25.4 Å². The lowest BCUT2D eigenvalue weighted by molar-refractivity contribution is -0.300. The molecule has 6 rings (SSSR count). The summed E-state index contributed by atoms with van der Waals surface area (Å²) in [6.07, 6.45) is 13.8. The van der Waals surface area contributed by atoms with Crippen LogP contribution in [0.2, 0.25) is 0 Å². The molecule has 2 aliphatic heterocycles. The van der Waals surface area contributed by atoms with Crippen LogP contribution < -0.4 is 0 Å². The minimum Gasteiger partial charge on any atom is -0.347 e. The van der Waals surface area contributed by atoms with Crippen molar-refractivity contribution < 1.29 is 18.9 Å². The Morgan fingerprint density at radius 1 is 0.848 bits per heavy atom. The van der Waals surface area contributed by atoms with Crippen molar-refractivity contribution >= 4 is 0 Å². The molecule has 6 fully saturated rings. The van der Waals surface area contributed by atoms with Gasteiger partial charge in [0.25, 0.3) is 0 Å². The molecule has 4 nitrogen and oxygen atoms in total. The van der Waals surface area contributed by atoms with Gasteiger partial charge in [-0.2, -0.15) is 0 Å². The summed E-state index contributed by atoms with van der Waals surface area (Å²) in [4.78, 5) is 0. The van der Waals surface area contributed by atoms with Crippen LogP contribution in [0.4, 0.5) is 0 Å². The van der Waals surface area contributed by atoms with Crippen LogP contribution in [0.25, 0.3) is 0 Å². The SMILES string of the molecule is C/C=C/[C@@H](C)[C@H]1CCC2C3CC4(OCCO4)[C@H]4CC5OC(C)(C)O[C@@H]5C[C@]4(C)C3CC[C@@]21C. The summed E-state index contributed by atoms with van der Waals surface area (Å²) in [6, 6.07) is 0. The molecule has 0 N–H and O–H groups in total. The fraction of sp³-hybridized carbons (Fsp3) is 0.931. The van der Waals surface area contributed by atoms with E-state index < -0.39 is 11.6 Å². The molecule has 4 heteroatoms. The van der Waals surface area contributed by atoms with Crippen LogP contribution in [-0.4, -0.2) is 37.0 Å². The highest BCUT2D eigenvalue weighted by Gasteiger charge is 2.69. The molecule has 6 aliphatic rings. The van der Waals surface area contributed by atoms with E-state index >= 15 is 0 Å². The third-order valence-electron chi connectivity index (χ3n) is 11.5. The van der Waals surface area contributed by atoms with Gasteiger partial charge in [0.2, 0.25) is 0 Å². The first-order chi connectivity index (χ1) is 15.6. The van der Waals surface area contributed by atoms with E-state index in [1.807, 2.05) is 0 Å². The Hall–Kier alpha value is -0.420. The van der Waals surface area contributed by atoms with Gasteiger partial charge >= 0.3 is 0 Å². The van der Waals surface area contributed by atoms with Crippen molar-refractivity contribution in [2.75, 3.05) is 13.2 Å². The van der Waals surface area contributed by atoms with E-state index in [1.54, 1.807) is 0 Å². The van der Waals surface area contributed by atoms with E-state index in [2.05, 4.69) is 53.7 Å². The zero-order chi connectivity index (χ0) is 23.2. The molecule has 4 aliphatic carbocycles. The summed E-state index contributed by atoms with van der Waals surface area (Å²) in [5.74, 6) is 3.19.